The van der Waals surface area contributed by atoms with Gasteiger partial charge in [-0.15, -0.1) is 11.8 Å². The lowest BCUT2D eigenvalue weighted by Crippen LogP contribution is -2.31. The molecule has 266 valence electrons. The summed E-state index contributed by atoms with van der Waals surface area (Å²) in [6.45, 7) is 15.7. The molecule has 0 amide bonds. The second-order valence-corrected chi connectivity index (χ2v) is 17.0. The van der Waals surface area contributed by atoms with Gasteiger partial charge in [0.1, 0.15) is 17.3 Å². The van der Waals surface area contributed by atoms with E-state index in [1.807, 2.05) is 18.0 Å². The average molecular weight is 714 g/mol. The first-order valence-electron chi connectivity index (χ1n) is 18.6. The molecular formula is C48H47N3OS. The molecule has 8 rings (SSSR count). The zero-order valence-electron chi connectivity index (χ0n) is 31.7. The number of ether oxygens (including phenoxy) is 1. The van der Waals surface area contributed by atoms with Gasteiger partial charge in [-0.05, 0) is 88.5 Å². The van der Waals surface area contributed by atoms with Gasteiger partial charge in [0.2, 0.25) is 0 Å². The minimum absolute atomic E-state index is 0.00729. The van der Waals surface area contributed by atoms with Gasteiger partial charge in [0.05, 0.1) is 22.5 Å². The molecule has 0 fully saturated rings. The first kappa shape index (κ1) is 34.9. The van der Waals surface area contributed by atoms with Crippen molar-refractivity contribution >= 4 is 34.0 Å². The van der Waals surface area contributed by atoms with E-state index in [4.69, 9.17) is 14.7 Å². The molecule has 2 aliphatic heterocycles. The molecule has 0 unspecified atom stereocenters. The summed E-state index contributed by atoms with van der Waals surface area (Å²) in [5, 5.41) is 1.08. The molecule has 4 nitrogen and oxygen atoms in total. The molecule has 5 heteroatoms. The summed E-state index contributed by atoms with van der Waals surface area (Å²) in [4.78, 5) is 12.7. The molecule has 0 spiro atoms. The second-order valence-electron chi connectivity index (χ2n) is 16.0. The maximum atomic E-state index is 6.85. The Balaban J connectivity index is 1.16. The van der Waals surface area contributed by atoms with E-state index in [0.29, 0.717) is 0 Å². The smallest absolute Gasteiger partial charge is 0.137 e. The highest BCUT2D eigenvalue weighted by molar-refractivity contribution is 8.14. The van der Waals surface area contributed by atoms with Crippen LogP contribution in [0.25, 0.3) is 0 Å². The number of thioether (sulfide) groups is 1. The number of aryl methyl sites for hydroxylation is 2. The van der Waals surface area contributed by atoms with E-state index >= 15 is 0 Å². The Morgan fingerprint density at radius 2 is 1.40 bits per heavy atom. The van der Waals surface area contributed by atoms with Gasteiger partial charge in [-0.25, -0.2) is 4.98 Å². The van der Waals surface area contributed by atoms with E-state index in [1.165, 1.54) is 33.4 Å². The van der Waals surface area contributed by atoms with Crippen LogP contribution in [0.1, 0.15) is 85.0 Å². The molecule has 0 saturated carbocycles. The summed E-state index contributed by atoms with van der Waals surface area (Å²) in [5.74, 6) is 3.66. The van der Waals surface area contributed by atoms with Crippen molar-refractivity contribution in [1.82, 2.24) is 4.98 Å². The van der Waals surface area contributed by atoms with Gasteiger partial charge in [-0.3, -0.25) is 9.89 Å². The fraction of sp³-hybridized carbons (Fsp3) is 0.250. The number of aliphatic imine (C=N–C) groups is 1. The Morgan fingerprint density at radius 1 is 0.736 bits per heavy atom. The number of pyridine rings is 1. The molecule has 0 saturated heterocycles. The number of para-hydroxylation sites is 1. The third-order valence-electron chi connectivity index (χ3n) is 10.9. The highest BCUT2D eigenvalue weighted by Gasteiger charge is 2.38. The Labute approximate surface area is 319 Å². The Hall–Kier alpha value is -5.13. The van der Waals surface area contributed by atoms with Crippen LogP contribution in [-0.2, 0) is 10.8 Å². The maximum Gasteiger partial charge on any atom is 0.137 e. The topological polar surface area (TPSA) is 37.7 Å². The minimum Gasteiger partial charge on any atom is -0.457 e. The van der Waals surface area contributed by atoms with Gasteiger partial charge >= 0.3 is 0 Å². The van der Waals surface area contributed by atoms with E-state index in [2.05, 4.69) is 181 Å². The van der Waals surface area contributed by atoms with Crippen LogP contribution < -0.4 is 9.64 Å². The van der Waals surface area contributed by atoms with E-state index in [-0.39, 0.29) is 22.8 Å². The fourth-order valence-corrected chi connectivity index (χ4v) is 9.16. The summed E-state index contributed by atoms with van der Waals surface area (Å²) in [7, 11) is 0. The lowest BCUT2D eigenvalue weighted by molar-refractivity contribution is 0.478. The summed E-state index contributed by atoms with van der Waals surface area (Å²) in [6, 6.07) is 45.8. The molecule has 0 aliphatic carbocycles. The van der Waals surface area contributed by atoms with Crippen molar-refractivity contribution < 1.29 is 4.74 Å². The van der Waals surface area contributed by atoms with E-state index in [0.717, 1.165) is 50.6 Å². The quantitative estimate of drug-likeness (QED) is 0.165. The van der Waals surface area contributed by atoms with Crippen molar-refractivity contribution in [3.63, 3.8) is 0 Å². The van der Waals surface area contributed by atoms with Crippen LogP contribution in [0.2, 0.25) is 0 Å². The van der Waals surface area contributed by atoms with Crippen molar-refractivity contribution in [2.75, 3.05) is 10.7 Å². The van der Waals surface area contributed by atoms with Crippen LogP contribution in [0.15, 0.2) is 139 Å². The average Bonchev–Trinajstić information content (AvgIpc) is 3.63. The molecule has 3 heterocycles. The van der Waals surface area contributed by atoms with Gasteiger partial charge in [-0.2, -0.15) is 0 Å². The van der Waals surface area contributed by atoms with E-state index < -0.39 is 0 Å². The highest BCUT2D eigenvalue weighted by atomic mass is 32.2. The largest absolute Gasteiger partial charge is 0.457 e. The number of benzene rings is 5. The van der Waals surface area contributed by atoms with Gasteiger partial charge in [0.15, 0.2) is 0 Å². The minimum atomic E-state index is -0.207. The van der Waals surface area contributed by atoms with Crippen molar-refractivity contribution in [3.8, 4) is 11.5 Å². The summed E-state index contributed by atoms with van der Waals surface area (Å²) < 4.78 is 6.85. The zero-order valence-corrected chi connectivity index (χ0v) is 32.5. The Morgan fingerprint density at radius 3 is 2.09 bits per heavy atom. The van der Waals surface area contributed by atoms with Crippen LogP contribution in [-0.4, -0.2) is 21.8 Å². The van der Waals surface area contributed by atoms with Gasteiger partial charge in [-0.1, -0.05) is 126 Å². The van der Waals surface area contributed by atoms with Crippen molar-refractivity contribution in [3.05, 3.63) is 178 Å². The first-order chi connectivity index (χ1) is 25.5. The summed E-state index contributed by atoms with van der Waals surface area (Å²) in [5.41, 5.74) is 11.8. The SMILES string of the molecule is Cc1cc(C)c(C2=N[C@H](C(c3ccccc3)c3ccccc3)CS2)cc1Oc1ccc2c(c1)N(c1cc(C(C)(C)C)ccn1)c1ccccc1C2(C)C. The van der Waals surface area contributed by atoms with Crippen molar-refractivity contribution in [2.24, 2.45) is 4.99 Å². The maximum absolute atomic E-state index is 6.85. The number of hydrogen-bond acceptors (Lipinski definition) is 5. The molecule has 0 bridgehead atoms. The van der Waals surface area contributed by atoms with Crippen LogP contribution in [0, 0.1) is 13.8 Å². The number of rotatable bonds is 7. The third kappa shape index (κ3) is 6.57. The number of aromatic nitrogens is 1. The predicted octanol–water partition coefficient (Wildman–Crippen LogP) is 12.6. The molecule has 0 radical (unpaired) electrons. The van der Waals surface area contributed by atoms with Crippen LogP contribution in [0.5, 0.6) is 11.5 Å². The molecule has 0 N–H and O–H groups in total. The van der Waals surface area contributed by atoms with Crippen LogP contribution in [0.4, 0.5) is 17.2 Å². The first-order valence-corrected chi connectivity index (χ1v) is 19.6. The lowest BCUT2D eigenvalue weighted by atomic mass is 9.73. The molecule has 2 aliphatic rings. The predicted molar refractivity (Wildman–Crippen MR) is 223 cm³/mol. The molecule has 5 aromatic carbocycles. The van der Waals surface area contributed by atoms with Crippen molar-refractivity contribution in [2.45, 2.75) is 71.3 Å². The molecule has 1 atom stereocenters. The van der Waals surface area contributed by atoms with Gasteiger partial charge in [0.25, 0.3) is 0 Å². The lowest BCUT2D eigenvalue weighted by Gasteiger charge is -2.41. The molecule has 1 aromatic heterocycles. The van der Waals surface area contributed by atoms with Crippen LogP contribution in [0.3, 0.4) is 0 Å². The zero-order chi connectivity index (χ0) is 36.9. The number of nitrogens with zero attached hydrogens (tertiary/aromatic N) is 3. The Bertz CT molecular complexity index is 2280. The van der Waals surface area contributed by atoms with Gasteiger partial charge < -0.3 is 4.74 Å². The Kier molecular flexibility index (Phi) is 9.02. The third-order valence-corrected chi connectivity index (χ3v) is 12.0. The normalized spacial score (nSPS) is 16.3. The monoisotopic (exact) mass is 713 g/mol. The van der Waals surface area contributed by atoms with E-state index in [1.54, 1.807) is 0 Å². The fourth-order valence-electron chi connectivity index (χ4n) is 7.98. The van der Waals surface area contributed by atoms with E-state index in [9.17, 15) is 0 Å². The standard InChI is InChI=1S/C48H47N3OS/c1-31-26-32(2)43(29-37(31)46-50-40(30-53-46)45(33-16-10-8-11-17-33)34-18-12-9-13-19-34)52-36-22-23-39-42(28-36)51(41-21-15-14-20-38(41)48(39,6)7)44-27-35(24-25-49-44)47(3,4)5/h8-29,40,45H,30H2,1-7H3/t40-/m0/s1. The van der Waals surface area contributed by atoms with Gasteiger partial charge in [0, 0.05) is 34.9 Å². The van der Waals surface area contributed by atoms with Crippen molar-refractivity contribution in [1.29, 1.82) is 0 Å². The highest BCUT2D eigenvalue weighted by Crippen LogP contribution is 2.53. The molecule has 53 heavy (non-hydrogen) atoms. The number of hydrogen-bond donors (Lipinski definition) is 0. The molecular weight excluding hydrogens is 667 g/mol. The van der Waals surface area contributed by atoms with Crippen LogP contribution >= 0.6 is 11.8 Å². The second kappa shape index (κ2) is 13.7. The molecule has 6 aromatic rings. The number of fused-ring (bicyclic) bond motifs is 2. The summed E-state index contributed by atoms with van der Waals surface area (Å²) >= 11 is 1.85. The number of anilines is 3. The summed E-state index contributed by atoms with van der Waals surface area (Å²) in [6.07, 6.45) is 1.94.